The second-order valence-corrected chi connectivity index (χ2v) is 8.51. The molecule has 0 bridgehead atoms. The second kappa shape index (κ2) is 22.6. The number of hydrogen-bond acceptors (Lipinski definition) is 2. The Morgan fingerprint density at radius 1 is 0.500 bits per heavy atom. The van der Waals surface area contributed by atoms with Gasteiger partial charge in [-0.25, -0.2) is 0 Å². The van der Waals surface area contributed by atoms with E-state index in [0.717, 1.165) is 13.0 Å². The van der Waals surface area contributed by atoms with E-state index in [1.54, 1.807) is 0 Å². The smallest absolute Gasteiger partial charge is 0.0388 e. The SMILES string of the molecule is CCCCCCCCC(CC(CCCCCCCC)=NCCCCCC)=NC. The standard InChI is InChI=1S/C26H52N2/c1-5-8-11-14-16-18-21-25(27-4)24-26(28-23-20-13-10-7-3)22-19-17-15-12-9-6-2/h5-24H2,1-4H3. The molecule has 0 aliphatic carbocycles. The van der Waals surface area contributed by atoms with Gasteiger partial charge >= 0.3 is 0 Å². The highest BCUT2D eigenvalue weighted by atomic mass is 14.7. The normalized spacial score (nSPS) is 12.7. The molecule has 0 heterocycles. The van der Waals surface area contributed by atoms with Crippen LogP contribution in [0.5, 0.6) is 0 Å². The zero-order valence-electron chi connectivity index (χ0n) is 20.0. The highest BCUT2D eigenvalue weighted by Gasteiger charge is 2.06. The van der Waals surface area contributed by atoms with Crippen molar-refractivity contribution in [1.82, 2.24) is 0 Å². The van der Waals surface area contributed by atoms with Crippen molar-refractivity contribution in [3.63, 3.8) is 0 Å². The summed E-state index contributed by atoms with van der Waals surface area (Å²) in [6, 6.07) is 0. The fourth-order valence-corrected chi connectivity index (χ4v) is 3.73. The molecule has 0 saturated heterocycles. The van der Waals surface area contributed by atoms with Gasteiger partial charge in [0.1, 0.15) is 0 Å². The van der Waals surface area contributed by atoms with Crippen LogP contribution in [-0.4, -0.2) is 25.0 Å². The summed E-state index contributed by atoms with van der Waals surface area (Å²) in [6.45, 7) is 7.88. The van der Waals surface area contributed by atoms with Gasteiger partial charge < -0.3 is 0 Å². The molecule has 0 spiro atoms. The van der Waals surface area contributed by atoms with Crippen molar-refractivity contribution in [2.75, 3.05) is 13.6 Å². The largest absolute Gasteiger partial charge is 0.297 e. The molecule has 0 aromatic carbocycles. The van der Waals surface area contributed by atoms with E-state index in [0.29, 0.717) is 0 Å². The highest BCUT2D eigenvalue weighted by Crippen LogP contribution is 2.13. The Morgan fingerprint density at radius 3 is 1.43 bits per heavy atom. The molecule has 0 fully saturated rings. The van der Waals surface area contributed by atoms with Crippen LogP contribution in [0.1, 0.15) is 143 Å². The molecule has 0 saturated carbocycles. The third-order valence-electron chi connectivity index (χ3n) is 5.71. The van der Waals surface area contributed by atoms with E-state index in [-0.39, 0.29) is 0 Å². The maximum atomic E-state index is 5.02. The second-order valence-electron chi connectivity index (χ2n) is 8.51. The Balaban J connectivity index is 4.30. The summed E-state index contributed by atoms with van der Waals surface area (Å²) in [5.41, 5.74) is 2.81. The maximum absolute atomic E-state index is 5.02. The predicted octanol–water partition coefficient (Wildman–Crippen LogP) is 8.97. The third-order valence-corrected chi connectivity index (χ3v) is 5.71. The lowest BCUT2D eigenvalue weighted by atomic mass is 10.0. The molecule has 0 aromatic rings. The van der Waals surface area contributed by atoms with Gasteiger partial charge in [-0.05, 0) is 32.1 Å². The molecule has 0 atom stereocenters. The van der Waals surface area contributed by atoms with Crippen LogP contribution >= 0.6 is 0 Å². The fraction of sp³-hybridized carbons (Fsp3) is 0.923. The molecule has 0 N–H and O–H groups in total. The molecule has 0 amide bonds. The van der Waals surface area contributed by atoms with Crippen LogP contribution in [0.2, 0.25) is 0 Å². The minimum Gasteiger partial charge on any atom is -0.297 e. The van der Waals surface area contributed by atoms with Crippen molar-refractivity contribution in [3.8, 4) is 0 Å². The number of unbranched alkanes of at least 4 members (excludes halogenated alkanes) is 13. The van der Waals surface area contributed by atoms with Crippen molar-refractivity contribution >= 4 is 11.4 Å². The molecule has 2 heteroatoms. The molecule has 0 unspecified atom stereocenters. The molecule has 28 heavy (non-hydrogen) atoms. The van der Waals surface area contributed by atoms with E-state index >= 15 is 0 Å². The Kier molecular flexibility index (Phi) is 22.1. The van der Waals surface area contributed by atoms with E-state index in [4.69, 9.17) is 4.99 Å². The van der Waals surface area contributed by atoms with Crippen LogP contribution in [0.4, 0.5) is 0 Å². The van der Waals surface area contributed by atoms with Crippen molar-refractivity contribution in [3.05, 3.63) is 0 Å². The number of hydrogen-bond donors (Lipinski definition) is 0. The predicted molar refractivity (Wildman–Crippen MR) is 130 cm³/mol. The van der Waals surface area contributed by atoms with Crippen LogP contribution in [0.25, 0.3) is 0 Å². The summed E-state index contributed by atoms with van der Waals surface area (Å²) in [6.07, 6.45) is 25.0. The lowest BCUT2D eigenvalue weighted by Crippen LogP contribution is -2.10. The van der Waals surface area contributed by atoms with Crippen molar-refractivity contribution in [2.24, 2.45) is 9.98 Å². The van der Waals surface area contributed by atoms with E-state index in [1.807, 2.05) is 7.05 Å². The molecule has 0 rings (SSSR count). The summed E-state index contributed by atoms with van der Waals surface area (Å²) in [5.74, 6) is 0. The van der Waals surface area contributed by atoms with Crippen LogP contribution in [0, 0.1) is 0 Å². The molecule has 2 nitrogen and oxygen atoms in total. The zero-order valence-corrected chi connectivity index (χ0v) is 20.0. The van der Waals surface area contributed by atoms with Gasteiger partial charge in [-0.15, -0.1) is 0 Å². The molecule has 0 aliphatic heterocycles. The summed E-state index contributed by atoms with van der Waals surface area (Å²) < 4.78 is 0. The van der Waals surface area contributed by atoms with E-state index < -0.39 is 0 Å². The van der Waals surface area contributed by atoms with Gasteiger partial charge in [0.05, 0.1) is 0 Å². The Hall–Kier alpha value is -0.660. The Labute approximate surface area is 178 Å². The first-order valence-corrected chi connectivity index (χ1v) is 12.7. The number of nitrogens with zero attached hydrogens (tertiary/aromatic N) is 2. The topological polar surface area (TPSA) is 24.7 Å². The van der Waals surface area contributed by atoms with Gasteiger partial charge in [0.25, 0.3) is 0 Å². The van der Waals surface area contributed by atoms with Gasteiger partial charge in [-0.2, -0.15) is 0 Å². The van der Waals surface area contributed by atoms with Crippen molar-refractivity contribution < 1.29 is 0 Å². The number of aliphatic imine (C=N–C) groups is 2. The monoisotopic (exact) mass is 392 g/mol. The van der Waals surface area contributed by atoms with Crippen molar-refractivity contribution in [2.45, 2.75) is 143 Å². The molecule has 0 radical (unpaired) electrons. The van der Waals surface area contributed by atoms with Gasteiger partial charge in [-0.3, -0.25) is 9.98 Å². The Bertz CT molecular complexity index is 371. The van der Waals surface area contributed by atoms with Crippen LogP contribution < -0.4 is 0 Å². The molecule has 0 aliphatic rings. The van der Waals surface area contributed by atoms with E-state index in [1.165, 1.54) is 127 Å². The van der Waals surface area contributed by atoms with Crippen LogP contribution in [0.3, 0.4) is 0 Å². The summed E-state index contributed by atoms with van der Waals surface area (Å²) in [5, 5.41) is 0. The maximum Gasteiger partial charge on any atom is 0.0388 e. The molecular weight excluding hydrogens is 340 g/mol. The van der Waals surface area contributed by atoms with Gasteiger partial charge in [0.15, 0.2) is 0 Å². The quantitative estimate of drug-likeness (QED) is 0.137. The lowest BCUT2D eigenvalue weighted by molar-refractivity contribution is 0.612. The minimum absolute atomic E-state index is 1.03. The third kappa shape index (κ3) is 18.7. The molecule has 166 valence electrons. The lowest BCUT2D eigenvalue weighted by Gasteiger charge is -2.10. The first-order valence-electron chi connectivity index (χ1n) is 12.7. The summed E-state index contributed by atoms with van der Waals surface area (Å²) >= 11 is 0. The first-order chi connectivity index (χ1) is 13.8. The van der Waals surface area contributed by atoms with E-state index in [9.17, 15) is 0 Å². The van der Waals surface area contributed by atoms with Crippen LogP contribution in [0.15, 0.2) is 9.98 Å². The summed E-state index contributed by atoms with van der Waals surface area (Å²) in [7, 11) is 1.98. The van der Waals surface area contributed by atoms with Gasteiger partial charge in [0, 0.05) is 31.4 Å². The van der Waals surface area contributed by atoms with Gasteiger partial charge in [-0.1, -0.05) is 104 Å². The zero-order chi connectivity index (χ0) is 20.7. The van der Waals surface area contributed by atoms with Crippen molar-refractivity contribution in [1.29, 1.82) is 0 Å². The molecule has 0 aromatic heterocycles. The van der Waals surface area contributed by atoms with Gasteiger partial charge in [0.2, 0.25) is 0 Å². The highest BCUT2D eigenvalue weighted by molar-refractivity contribution is 6.04. The average molecular weight is 393 g/mol. The average Bonchev–Trinajstić information content (AvgIpc) is 2.71. The first kappa shape index (κ1) is 27.3. The van der Waals surface area contributed by atoms with Crippen LogP contribution in [-0.2, 0) is 0 Å². The molecular formula is C26H52N2. The van der Waals surface area contributed by atoms with E-state index in [2.05, 4.69) is 25.8 Å². The minimum atomic E-state index is 1.03. The fourth-order valence-electron chi connectivity index (χ4n) is 3.73. The Morgan fingerprint density at radius 2 is 0.929 bits per heavy atom. The number of rotatable bonds is 21. The summed E-state index contributed by atoms with van der Waals surface area (Å²) in [4.78, 5) is 9.65.